The molecule has 1 N–H and O–H groups in total. The van der Waals surface area contributed by atoms with Crippen LogP contribution in [0.25, 0.3) is 11.4 Å². The maximum absolute atomic E-state index is 12.3. The summed E-state index contributed by atoms with van der Waals surface area (Å²) in [6, 6.07) is 2.51. The Morgan fingerprint density at radius 3 is 2.92 bits per heavy atom. The second-order valence-electron chi connectivity index (χ2n) is 6.55. The van der Waals surface area contributed by atoms with Crippen LogP contribution in [0.2, 0.25) is 0 Å². The molecule has 1 saturated carbocycles. The van der Waals surface area contributed by atoms with E-state index in [1.807, 2.05) is 10.6 Å². The first-order chi connectivity index (χ1) is 12.7. The number of nitrogens with zero attached hydrogens (tertiary/aromatic N) is 3. The molecule has 2 aromatic heterocycles. The van der Waals surface area contributed by atoms with Crippen molar-refractivity contribution in [2.75, 3.05) is 5.75 Å². The van der Waals surface area contributed by atoms with E-state index in [0.717, 1.165) is 35.8 Å². The van der Waals surface area contributed by atoms with Gasteiger partial charge in [-0.3, -0.25) is 9.36 Å². The molecule has 7 heteroatoms. The minimum atomic E-state index is 0.0837. The first-order valence-corrected chi connectivity index (χ1v) is 11.1. The average molecular weight is 391 g/mol. The SMILES string of the molecule is C=CCn1c(SCC(=O)NC2CCCCC2)nnc1-c1csc(CC)c1. The Hall–Kier alpha value is -1.60. The Labute approximate surface area is 163 Å². The Balaban J connectivity index is 1.65. The van der Waals surface area contributed by atoms with E-state index < -0.39 is 0 Å². The summed E-state index contributed by atoms with van der Waals surface area (Å²) in [5, 5.41) is 14.7. The molecule has 1 aliphatic carbocycles. The minimum absolute atomic E-state index is 0.0837. The summed E-state index contributed by atoms with van der Waals surface area (Å²) in [6.07, 6.45) is 8.79. The van der Waals surface area contributed by atoms with E-state index in [1.165, 1.54) is 35.9 Å². The van der Waals surface area contributed by atoms with Gasteiger partial charge in [-0.1, -0.05) is 44.0 Å². The van der Waals surface area contributed by atoms with Crippen molar-refractivity contribution in [3.05, 3.63) is 29.0 Å². The molecule has 0 bridgehead atoms. The second kappa shape index (κ2) is 9.37. The van der Waals surface area contributed by atoms with E-state index in [1.54, 1.807) is 11.3 Å². The number of carbonyl (C=O) groups excluding carboxylic acids is 1. The largest absolute Gasteiger partial charge is 0.353 e. The van der Waals surface area contributed by atoms with Gasteiger partial charge in [-0.2, -0.15) is 0 Å². The smallest absolute Gasteiger partial charge is 0.230 e. The molecule has 0 atom stereocenters. The molecule has 0 saturated heterocycles. The van der Waals surface area contributed by atoms with Crippen molar-refractivity contribution in [1.82, 2.24) is 20.1 Å². The minimum Gasteiger partial charge on any atom is -0.353 e. The van der Waals surface area contributed by atoms with E-state index in [9.17, 15) is 4.79 Å². The van der Waals surface area contributed by atoms with E-state index >= 15 is 0 Å². The Kier molecular flexibility index (Phi) is 6.91. The number of carbonyl (C=O) groups is 1. The predicted octanol–water partition coefficient (Wildman–Crippen LogP) is 4.30. The zero-order chi connectivity index (χ0) is 18.4. The topological polar surface area (TPSA) is 59.8 Å². The number of hydrogen-bond donors (Lipinski definition) is 1. The standard InChI is InChI=1S/C19H26N4OS2/c1-3-10-23-18(14-11-16(4-2)25-12-14)21-22-19(23)26-13-17(24)20-15-8-6-5-7-9-15/h3,11-12,15H,1,4-10,13H2,2H3,(H,20,24). The number of amides is 1. The van der Waals surface area contributed by atoms with Gasteiger partial charge in [-0.05, 0) is 25.3 Å². The Bertz CT molecular complexity index is 747. The van der Waals surface area contributed by atoms with E-state index in [0.29, 0.717) is 18.3 Å². The summed E-state index contributed by atoms with van der Waals surface area (Å²) in [6.45, 7) is 6.62. The number of thioether (sulfide) groups is 1. The Morgan fingerprint density at radius 1 is 1.42 bits per heavy atom. The molecule has 1 fully saturated rings. The quantitative estimate of drug-likeness (QED) is 0.539. The van der Waals surface area contributed by atoms with Crippen LogP contribution in [0.15, 0.2) is 29.3 Å². The third-order valence-electron chi connectivity index (χ3n) is 4.59. The van der Waals surface area contributed by atoms with Gasteiger partial charge in [0.15, 0.2) is 11.0 Å². The predicted molar refractivity (Wildman–Crippen MR) is 109 cm³/mol. The maximum atomic E-state index is 12.3. The second-order valence-corrected chi connectivity index (χ2v) is 8.49. The number of allylic oxidation sites excluding steroid dienone is 1. The molecular weight excluding hydrogens is 364 g/mol. The molecule has 2 aromatic rings. The van der Waals surface area contributed by atoms with Gasteiger partial charge in [0.25, 0.3) is 0 Å². The van der Waals surface area contributed by atoms with Crippen LogP contribution in [0.3, 0.4) is 0 Å². The monoisotopic (exact) mass is 390 g/mol. The molecule has 2 heterocycles. The Morgan fingerprint density at radius 2 is 2.23 bits per heavy atom. The highest BCUT2D eigenvalue weighted by Crippen LogP contribution is 2.28. The van der Waals surface area contributed by atoms with Crippen LogP contribution >= 0.6 is 23.1 Å². The molecular formula is C19H26N4OS2. The van der Waals surface area contributed by atoms with Gasteiger partial charge < -0.3 is 5.32 Å². The van der Waals surface area contributed by atoms with E-state index in [2.05, 4.69) is 40.5 Å². The molecule has 5 nitrogen and oxygen atoms in total. The highest BCUT2D eigenvalue weighted by Gasteiger charge is 2.18. The average Bonchev–Trinajstić information content (AvgIpc) is 3.28. The van der Waals surface area contributed by atoms with Crippen molar-refractivity contribution in [2.24, 2.45) is 0 Å². The number of hydrogen-bond acceptors (Lipinski definition) is 5. The molecule has 1 aliphatic rings. The van der Waals surface area contributed by atoms with Crippen LogP contribution in [0, 0.1) is 0 Å². The van der Waals surface area contributed by atoms with Crippen molar-refractivity contribution >= 4 is 29.0 Å². The molecule has 0 aromatic carbocycles. The molecule has 140 valence electrons. The molecule has 0 spiro atoms. The summed E-state index contributed by atoms with van der Waals surface area (Å²) in [4.78, 5) is 13.6. The van der Waals surface area contributed by atoms with Crippen molar-refractivity contribution in [3.63, 3.8) is 0 Å². The van der Waals surface area contributed by atoms with Crippen LogP contribution in [-0.4, -0.2) is 32.5 Å². The lowest BCUT2D eigenvalue weighted by Gasteiger charge is -2.22. The number of rotatable bonds is 8. The molecule has 26 heavy (non-hydrogen) atoms. The third-order valence-corrected chi connectivity index (χ3v) is 6.64. The van der Waals surface area contributed by atoms with Gasteiger partial charge in [0.05, 0.1) is 5.75 Å². The summed E-state index contributed by atoms with van der Waals surface area (Å²) in [5.74, 6) is 1.30. The molecule has 3 rings (SSSR count). The fourth-order valence-corrected chi connectivity index (χ4v) is 4.80. The van der Waals surface area contributed by atoms with Gasteiger partial charge in [0.2, 0.25) is 5.91 Å². The summed E-state index contributed by atoms with van der Waals surface area (Å²) >= 11 is 3.18. The highest BCUT2D eigenvalue weighted by atomic mass is 32.2. The van der Waals surface area contributed by atoms with Crippen molar-refractivity contribution in [2.45, 2.75) is 63.2 Å². The first-order valence-electron chi connectivity index (χ1n) is 9.25. The summed E-state index contributed by atoms with van der Waals surface area (Å²) in [5.41, 5.74) is 1.08. The molecule has 0 radical (unpaired) electrons. The molecule has 0 unspecified atom stereocenters. The lowest BCUT2D eigenvalue weighted by atomic mass is 9.95. The maximum Gasteiger partial charge on any atom is 0.230 e. The summed E-state index contributed by atoms with van der Waals surface area (Å²) in [7, 11) is 0. The number of nitrogens with one attached hydrogen (secondary N) is 1. The van der Waals surface area contributed by atoms with Crippen LogP contribution in [0.5, 0.6) is 0 Å². The van der Waals surface area contributed by atoms with Gasteiger partial charge >= 0.3 is 0 Å². The van der Waals surface area contributed by atoms with Crippen LogP contribution in [0.4, 0.5) is 0 Å². The first kappa shape index (κ1) is 19.2. The lowest BCUT2D eigenvalue weighted by Crippen LogP contribution is -2.37. The van der Waals surface area contributed by atoms with Crippen molar-refractivity contribution in [3.8, 4) is 11.4 Å². The van der Waals surface area contributed by atoms with E-state index in [-0.39, 0.29) is 5.91 Å². The molecule has 0 aliphatic heterocycles. The summed E-state index contributed by atoms with van der Waals surface area (Å²) < 4.78 is 2.03. The zero-order valence-electron chi connectivity index (χ0n) is 15.2. The molecule has 1 amide bonds. The third kappa shape index (κ3) is 4.76. The number of thiophene rings is 1. The normalized spacial score (nSPS) is 15.1. The fourth-order valence-electron chi connectivity index (χ4n) is 3.23. The van der Waals surface area contributed by atoms with Crippen LogP contribution < -0.4 is 5.32 Å². The highest BCUT2D eigenvalue weighted by molar-refractivity contribution is 7.99. The van der Waals surface area contributed by atoms with Crippen LogP contribution in [-0.2, 0) is 17.8 Å². The van der Waals surface area contributed by atoms with Crippen molar-refractivity contribution in [1.29, 1.82) is 0 Å². The number of aromatic nitrogens is 3. The van der Waals surface area contributed by atoms with Gasteiger partial charge in [0.1, 0.15) is 0 Å². The number of aryl methyl sites for hydroxylation is 1. The fraction of sp³-hybridized carbons (Fsp3) is 0.526. The van der Waals surface area contributed by atoms with Crippen molar-refractivity contribution < 1.29 is 4.79 Å². The van der Waals surface area contributed by atoms with Crippen LogP contribution in [0.1, 0.15) is 43.9 Å². The van der Waals surface area contributed by atoms with Gasteiger partial charge in [0, 0.05) is 28.4 Å². The van der Waals surface area contributed by atoms with E-state index in [4.69, 9.17) is 0 Å². The zero-order valence-corrected chi connectivity index (χ0v) is 16.9. The van der Waals surface area contributed by atoms with Gasteiger partial charge in [-0.25, -0.2) is 0 Å². The lowest BCUT2D eigenvalue weighted by molar-refractivity contribution is -0.119. The van der Waals surface area contributed by atoms with Gasteiger partial charge in [-0.15, -0.1) is 28.1 Å².